The van der Waals surface area contributed by atoms with Crippen molar-refractivity contribution in [3.05, 3.63) is 83.7 Å². The minimum Gasteiger partial charge on any atom is -0.491 e. The predicted molar refractivity (Wildman–Crippen MR) is 110 cm³/mol. The van der Waals surface area contributed by atoms with Crippen molar-refractivity contribution in [2.75, 3.05) is 13.2 Å². The van der Waals surface area contributed by atoms with Crippen molar-refractivity contribution in [3.63, 3.8) is 0 Å². The molecule has 1 amide bonds. The van der Waals surface area contributed by atoms with Crippen LogP contribution in [0.5, 0.6) is 5.75 Å². The molecule has 0 saturated carbocycles. The third kappa shape index (κ3) is 5.45. The minimum atomic E-state index is -0.101. The Morgan fingerprint density at radius 3 is 2.62 bits per heavy atom. The molecule has 0 spiro atoms. The molecule has 6 heteroatoms. The zero-order valence-corrected chi connectivity index (χ0v) is 16.3. The number of carbonyl (C=O) groups is 1. The average molecular weight is 391 g/mol. The zero-order chi connectivity index (χ0) is 19.9. The van der Waals surface area contributed by atoms with Crippen LogP contribution in [0.3, 0.4) is 0 Å². The molecule has 2 aromatic carbocycles. The maximum absolute atomic E-state index is 12.4. The first kappa shape index (κ1) is 19.2. The van der Waals surface area contributed by atoms with Gasteiger partial charge in [0, 0.05) is 31.1 Å². The lowest BCUT2D eigenvalue weighted by Gasteiger charge is -2.12. The highest BCUT2D eigenvalue weighted by Crippen LogP contribution is 2.16. The van der Waals surface area contributed by atoms with Gasteiger partial charge in [0.1, 0.15) is 12.4 Å². The lowest BCUT2D eigenvalue weighted by Crippen LogP contribution is -2.22. The molecule has 6 nitrogen and oxygen atoms in total. The van der Waals surface area contributed by atoms with E-state index in [0.29, 0.717) is 18.7 Å². The van der Waals surface area contributed by atoms with Crippen LogP contribution in [0.2, 0.25) is 0 Å². The molecule has 1 aromatic heterocycles. The molecule has 29 heavy (non-hydrogen) atoms. The summed E-state index contributed by atoms with van der Waals surface area (Å²) >= 11 is 0. The van der Waals surface area contributed by atoms with Crippen LogP contribution in [0.15, 0.2) is 67.0 Å². The van der Waals surface area contributed by atoms with Gasteiger partial charge in [-0.1, -0.05) is 24.3 Å². The van der Waals surface area contributed by atoms with Crippen molar-refractivity contribution in [1.82, 2.24) is 15.1 Å². The second-order valence-electron chi connectivity index (χ2n) is 7.17. The quantitative estimate of drug-likeness (QED) is 0.639. The van der Waals surface area contributed by atoms with E-state index in [2.05, 4.69) is 22.5 Å². The lowest BCUT2D eigenvalue weighted by molar-refractivity contribution is 0.0679. The van der Waals surface area contributed by atoms with Crippen LogP contribution >= 0.6 is 0 Å². The Kier molecular flexibility index (Phi) is 6.22. The third-order valence-electron chi connectivity index (χ3n) is 4.96. The van der Waals surface area contributed by atoms with E-state index in [1.807, 2.05) is 41.2 Å². The first-order chi connectivity index (χ1) is 14.3. The van der Waals surface area contributed by atoms with Gasteiger partial charge in [-0.2, -0.15) is 5.10 Å². The first-order valence-corrected chi connectivity index (χ1v) is 9.94. The normalized spacial score (nSPS) is 15.9. The van der Waals surface area contributed by atoms with Crippen molar-refractivity contribution in [2.24, 2.45) is 0 Å². The highest BCUT2D eigenvalue weighted by atomic mass is 16.5. The number of benzene rings is 2. The Hall–Kier alpha value is -3.12. The fourth-order valence-electron chi connectivity index (χ4n) is 3.30. The molecular formula is C23H25N3O3. The van der Waals surface area contributed by atoms with Gasteiger partial charge in [-0.15, -0.1) is 0 Å². The van der Waals surface area contributed by atoms with Crippen LogP contribution in [-0.2, 0) is 17.8 Å². The predicted octanol–water partition coefficient (Wildman–Crippen LogP) is 3.42. The third-order valence-corrected chi connectivity index (χ3v) is 4.96. The molecule has 150 valence electrons. The van der Waals surface area contributed by atoms with E-state index >= 15 is 0 Å². The van der Waals surface area contributed by atoms with Gasteiger partial charge in [0.2, 0.25) is 0 Å². The van der Waals surface area contributed by atoms with Crippen LogP contribution in [0.1, 0.15) is 34.3 Å². The molecule has 3 aromatic rings. The maximum atomic E-state index is 12.4. The van der Waals surface area contributed by atoms with Crippen LogP contribution in [0.25, 0.3) is 0 Å². The van der Waals surface area contributed by atoms with E-state index < -0.39 is 0 Å². The SMILES string of the molecule is O=C(NCc1ccc(Cn2cccn2)cc1)c1ccc(OCC2CCCO2)cc1. The van der Waals surface area contributed by atoms with E-state index in [1.54, 1.807) is 18.3 Å². The number of amides is 1. The summed E-state index contributed by atoms with van der Waals surface area (Å²) in [6, 6.07) is 17.3. The van der Waals surface area contributed by atoms with E-state index in [-0.39, 0.29) is 12.0 Å². The van der Waals surface area contributed by atoms with Gasteiger partial charge in [0.25, 0.3) is 5.91 Å². The van der Waals surface area contributed by atoms with E-state index in [1.165, 1.54) is 5.56 Å². The number of aromatic nitrogens is 2. The number of hydrogen-bond donors (Lipinski definition) is 1. The standard InChI is InChI=1S/C23H25N3O3/c27-23(20-8-10-21(11-9-20)29-17-22-3-1-14-28-22)24-15-18-4-6-19(7-5-18)16-26-13-2-12-25-26/h2,4-13,22H,1,3,14-17H2,(H,24,27). The largest absolute Gasteiger partial charge is 0.491 e. The molecule has 2 heterocycles. The van der Waals surface area contributed by atoms with Gasteiger partial charge in [-0.05, 0) is 54.3 Å². The number of ether oxygens (including phenoxy) is 2. The summed E-state index contributed by atoms with van der Waals surface area (Å²) in [5.74, 6) is 0.654. The molecule has 0 bridgehead atoms. The Morgan fingerprint density at radius 2 is 1.93 bits per heavy atom. The first-order valence-electron chi connectivity index (χ1n) is 9.94. The van der Waals surface area contributed by atoms with Crippen molar-refractivity contribution in [3.8, 4) is 5.75 Å². The number of nitrogens with one attached hydrogen (secondary N) is 1. The molecule has 4 rings (SSSR count). The Labute approximate surface area is 170 Å². The Morgan fingerprint density at radius 1 is 1.14 bits per heavy atom. The number of carbonyl (C=O) groups excluding carboxylic acids is 1. The van der Waals surface area contributed by atoms with Crippen LogP contribution < -0.4 is 10.1 Å². The lowest BCUT2D eigenvalue weighted by atomic mass is 10.1. The molecule has 1 unspecified atom stereocenters. The molecule has 1 aliphatic heterocycles. The fourth-order valence-corrected chi connectivity index (χ4v) is 3.30. The monoisotopic (exact) mass is 391 g/mol. The molecule has 0 radical (unpaired) electrons. The van der Waals surface area contributed by atoms with E-state index in [4.69, 9.17) is 9.47 Å². The van der Waals surface area contributed by atoms with Gasteiger partial charge in [0.15, 0.2) is 0 Å². The highest BCUT2D eigenvalue weighted by molar-refractivity contribution is 5.94. The second kappa shape index (κ2) is 9.39. The minimum absolute atomic E-state index is 0.101. The van der Waals surface area contributed by atoms with Crippen LogP contribution in [0, 0.1) is 0 Å². The zero-order valence-electron chi connectivity index (χ0n) is 16.3. The molecule has 1 fully saturated rings. The highest BCUT2D eigenvalue weighted by Gasteiger charge is 2.16. The molecule has 1 atom stereocenters. The summed E-state index contributed by atoms with van der Waals surface area (Å²) in [5.41, 5.74) is 2.84. The number of hydrogen-bond acceptors (Lipinski definition) is 4. The van der Waals surface area contributed by atoms with Gasteiger partial charge >= 0.3 is 0 Å². The smallest absolute Gasteiger partial charge is 0.251 e. The van der Waals surface area contributed by atoms with Crippen LogP contribution in [0.4, 0.5) is 0 Å². The average Bonchev–Trinajstić information content (AvgIpc) is 3.46. The number of rotatable bonds is 8. The van der Waals surface area contributed by atoms with Crippen molar-refractivity contribution in [2.45, 2.75) is 32.0 Å². The van der Waals surface area contributed by atoms with Crippen molar-refractivity contribution < 1.29 is 14.3 Å². The molecule has 0 aliphatic carbocycles. The molecular weight excluding hydrogens is 366 g/mol. The van der Waals surface area contributed by atoms with Gasteiger partial charge in [-0.3, -0.25) is 9.48 Å². The van der Waals surface area contributed by atoms with Crippen molar-refractivity contribution >= 4 is 5.91 Å². The molecule has 1 N–H and O–H groups in total. The Balaban J connectivity index is 1.24. The summed E-state index contributed by atoms with van der Waals surface area (Å²) in [6.45, 7) is 2.60. The summed E-state index contributed by atoms with van der Waals surface area (Å²) in [6.07, 6.45) is 6.04. The van der Waals surface area contributed by atoms with E-state index in [0.717, 1.165) is 37.3 Å². The fraction of sp³-hybridized carbons (Fsp3) is 0.304. The van der Waals surface area contributed by atoms with Crippen LogP contribution in [-0.4, -0.2) is 35.0 Å². The maximum Gasteiger partial charge on any atom is 0.251 e. The number of nitrogens with zero attached hydrogens (tertiary/aromatic N) is 2. The summed E-state index contributed by atoms with van der Waals surface area (Å²) in [5, 5.41) is 7.17. The van der Waals surface area contributed by atoms with E-state index in [9.17, 15) is 4.79 Å². The molecule has 1 saturated heterocycles. The van der Waals surface area contributed by atoms with Gasteiger partial charge in [-0.25, -0.2) is 0 Å². The topological polar surface area (TPSA) is 65.4 Å². The summed E-state index contributed by atoms with van der Waals surface area (Å²) in [7, 11) is 0. The van der Waals surface area contributed by atoms with Gasteiger partial charge < -0.3 is 14.8 Å². The Bertz CT molecular complexity index is 900. The summed E-state index contributed by atoms with van der Waals surface area (Å²) < 4.78 is 13.2. The summed E-state index contributed by atoms with van der Waals surface area (Å²) in [4.78, 5) is 12.4. The molecule has 1 aliphatic rings. The second-order valence-corrected chi connectivity index (χ2v) is 7.17. The van der Waals surface area contributed by atoms with Gasteiger partial charge in [0.05, 0.1) is 12.6 Å². The van der Waals surface area contributed by atoms with Crippen molar-refractivity contribution in [1.29, 1.82) is 0 Å².